The summed E-state index contributed by atoms with van der Waals surface area (Å²) in [7, 11) is 0. The maximum atomic E-state index is 9.26. The quantitative estimate of drug-likeness (QED) is 0.703. The topological polar surface area (TPSA) is 64.7 Å². The highest BCUT2D eigenvalue weighted by molar-refractivity contribution is 6.30. The number of aliphatic hydroxyl groups is 1. The van der Waals surface area contributed by atoms with E-state index < -0.39 is 0 Å². The van der Waals surface area contributed by atoms with Gasteiger partial charge in [0.25, 0.3) is 0 Å². The Labute approximate surface area is 121 Å². The number of benzene rings is 2. The van der Waals surface area contributed by atoms with Crippen molar-refractivity contribution in [2.75, 3.05) is 12.3 Å². The number of ether oxygens (including phenoxy) is 2. The van der Waals surface area contributed by atoms with Gasteiger partial charge in [-0.2, -0.15) is 0 Å². The van der Waals surface area contributed by atoms with Crippen LogP contribution in [0, 0.1) is 0 Å². The summed E-state index contributed by atoms with van der Waals surface area (Å²) < 4.78 is 11.6. The van der Waals surface area contributed by atoms with Gasteiger partial charge in [0.05, 0.1) is 0 Å². The molecule has 0 amide bonds. The van der Waals surface area contributed by atoms with Gasteiger partial charge in [0.15, 0.2) is 23.0 Å². The summed E-state index contributed by atoms with van der Waals surface area (Å²) in [4.78, 5) is 0. The summed E-state index contributed by atoms with van der Waals surface area (Å²) in [6.45, 7) is 1.92. The Bertz CT molecular complexity index is 672. The maximum absolute atomic E-state index is 9.26. The summed E-state index contributed by atoms with van der Waals surface area (Å²) in [5.74, 6) is 2.24. The maximum Gasteiger partial charge on any atom is 0.172 e. The van der Waals surface area contributed by atoms with Crippen LogP contribution in [0.4, 0.5) is 5.69 Å². The predicted molar refractivity (Wildman–Crippen MR) is 78.0 cm³/mol. The van der Waals surface area contributed by atoms with E-state index in [2.05, 4.69) is 0 Å². The second-order valence-corrected chi connectivity index (χ2v) is 5.24. The molecule has 0 radical (unpaired) electrons. The van der Waals surface area contributed by atoms with Gasteiger partial charge < -0.3 is 20.3 Å². The van der Waals surface area contributed by atoms with Crippen molar-refractivity contribution < 1.29 is 14.6 Å². The van der Waals surface area contributed by atoms with Crippen molar-refractivity contribution >= 4 is 17.3 Å². The van der Waals surface area contributed by atoms with Gasteiger partial charge in [-0.3, -0.25) is 0 Å². The Hall–Kier alpha value is -1.91. The van der Waals surface area contributed by atoms with Crippen molar-refractivity contribution in [1.29, 1.82) is 0 Å². The monoisotopic (exact) mass is 291 g/mol. The van der Waals surface area contributed by atoms with Crippen molar-refractivity contribution in [1.82, 2.24) is 0 Å². The average Bonchev–Trinajstić information content (AvgIpc) is 2.43. The molecule has 3 N–H and O–H groups in total. The van der Waals surface area contributed by atoms with E-state index in [9.17, 15) is 5.11 Å². The van der Waals surface area contributed by atoms with Gasteiger partial charge in [-0.1, -0.05) is 18.5 Å². The van der Waals surface area contributed by atoms with Crippen molar-refractivity contribution in [3.05, 3.63) is 40.9 Å². The summed E-state index contributed by atoms with van der Waals surface area (Å²) in [5.41, 5.74) is 7.41. The van der Waals surface area contributed by atoms with Crippen LogP contribution in [0.25, 0.3) is 0 Å². The summed E-state index contributed by atoms with van der Waals surface area (Å²) in [6.07, 6.45) is 0. The lowest BCUT2D eigenvalue weighted by Crippen LogP contribution is -2.06. The molecule has 0 spiro atoms. The number of anilines is 1. The van der Waals surface area contributed by atoms with Crippen LogP contribution in [0.1, 0.15) is 18.4 Å². The van der Waals surface area contributed by atoms with Crippen molar-refractivity contribution in [3.63, 3.8) is 0 Å². The summed E-state index contributed by atoms with van der Waals surface area (Å²) in [6, 6.07) is 8.71. The number of fused-ring (bicyclic) bond motifs is 2. The fourth-order valence-corrected chi connectivity index (χ4v) is 2.32. The van der Waals surface area contributed by atoms with Gasteiger partial charge in [-0.05, 0) is 23.8 Å². The number of nitrogen functional groups attached to an aromatic ring is 1. The van der Waals surface area contributed by atoms with E-state index in [0.717, 1.165) is 5.56 Å². The van der Waals surface area contributed by atoms with Crippen molar-refractivity contribution in [3.8, 4) is 23.0 Å². The van der Waals surface area contributed by atoms with Crippen LogP contribution in [0.15, 0.2) is 30.3 Å². The first-order chi connectivity index (χ1) is 9.58. The fraction of sp³-hybridized carbons (Fsp3) is 0.200. The highest BCUT2D eigenvalue weighted by Crippen LogP contribution is 2.48. The molecule has 0 aliphatic carbocycles. The van der Waals surface area contributed by atoms with Crippen LogP contribution in [0.3, 0.4) is 0 Å². The third kappa shape index (κ3) is 2.17. The molecule has 5 heteroatoms. The Morgan fingerprint density at radius 1 is 1.10 bits per heavy atom. The van der Waals surface area contributed by atoms with Crippen LogP contribution in [-0.4, -0.2) is 11.7 Å². The fourth-order valence-electron chi connectivity index (χ4n) is 2.16. The molecule has 2 aromatic carbocycles. The zero-order valence-electron chi connectivity index (χ0n) is 10.9. The van der Waals surface area contributed by atoms with Crippen LogP contribution in [0.5, 0.6) is 23.0 Å². The lowest BCUT2D eigenvalue weighted by Gasteiger charge is -2.23. The molecule has 1 unspecified atom stereocenters. The summed E-state index contributed by atoms with van der Waals surface area (Å²) >= 11 is 5.93. The number of hydrogen-bond donors (Lipinski definition) is 2. The van der Waals surface area contributed by atoms with Crippen LogP contribution in [0.2, 0.25) is 5.02 Å². The van der Waals surface area contributed by atoms with E-state index in [4.69, 9.17) is 26.8 Å². The lowest BCUT2D eigenvalue weighted by molar-refractivity contribution is 0.273. The number of hydrogen-bond acceptors (Lipinski definition) is 4. The Morgan fingerprint density at radius 2 is 1.75 bits per heavy atom. The largest absolute Gasteiger partial charge is 0.449 e. The van der Waals surface area contributed by atoms with Gasteiger partial charge in [-0.25, -0.2) is 0 Å². The first-order valence-electron chi connectivity index (χ1n) is 6.28. The molecule has 0 saturated carbocycles. The molecule has 20 heavy (non-hydrogen) atoms. The van der Waals surface area contributed by atoms with Gasteiger partial charge in [0.2, 0.25) is 0 Å². The highest BCUT2D eigenvalue weighted by atomic mass is 35.5. The Morgan fingerprint density at radius 3 is 2.50 bits per heavy atom. The van der Waals surface area contributed by atoms with Gasteiger partial charge in [-0.15, -0.1) is 0 Å². The lowest BCUT2D eigenvalue weighted by atomic mass is 9.99. The minimum atomic E-state index is -0.0597. The van der Waals surface area contributed by atoms with Gasteiger partial charge >= 0.3 is 0 Å². The minimum absolute atomic E-state index is 0.0238. The van der Waals surface area contributed by atoms with E-state index in [0.29, 0.717) is 33.7 Å². The summed E-state index contributed by atoms with van der Waals surface area (Å²) in [5, 5.41) is 9.84. The molecule has 2 aromatic rings. The zero-order valence-corrected chi connectivity index (χ0v) is 11.6. The molecule has 1 aliphatic rings. The molecule has 0 fully saturated rings. The van der Waals surface area contributed by atoms with Gasteiger partial charge in [0.1, 0.15) is 0 Å². The molecular weight excluding hydrogens is 278 g/mol. The Kier molecular flexibility index (Phi) is 3.20. The number of aliphatic hydroxyl groups excluding tert-OH is 1. The molecule has 3 rings (SSSR count). The normalized spacial score (nSPS) is 13.8. The standard InChI is InChI=1S/C15H14ClNO3/c1-8(7-18)10-5-14-15(6-11(10)17)20-13-4-9(16)2-3-12(13)19-14/h2-6,8,18H,7,17H2,1H3. The highest BCUT2D eigenvalue weighted by Gasteiger charge is 2.22. The van der Waals surface area contributed by atoms with Crippen molar-refractivity contribution in [2.45, 2.75) is 12.8 Å². The number of nitrogens with two attached hydrogens (primary N) is 1. The molecule has 0 saturated heterocycles. The third-order valence-corrected chi connectivity index (χ3v) is 3.53. The molecule has 1 atom stereocenters. The van der Waals surface area contributed by atoms with E-state index in [1.54, 1.807) is 24.3 Å². The smallest absolute Gasteiger partial charge is 0.172 e. The molecule has 1 aliphatic heterocycles. The average molecular weight is 292 g/mol. The molecule has 0 aromatic heterocycles. The van der Waals surface area contributed by atoms with E-state index in [1.807, 2.05) is 13.0 Å². The second kappa shape index (κ2) is 4.89. The first-order valence-corrected chi connectivity index (χ1v) is 6.66. The van der Waals surface area contributed by atoms with Gasteiger partial charge in [0, 0.05) is 35.4 Å². The molecule has 0 bridgehead atoms. The van der Waals surface area contributed by atoms with Crippen molar-refractivity contribution in [2.24, 2.45) is 0 Å². The first kappa shape index (κ1) is 13.1. The molecule has 104 valence electrons. The zero-order chi connectivity index (χ0) is 14.3. The number of halogens is 1. The predicted octanol–water partition coefficient (Wildman–Crippen LogP) is 3.92. The second-order valence-electron chi connectivity index (χ2n) is 4.81. The molecule has 1 heterocycles. The Balaban J connectivity index is 2.04. The SMILES string of the molecule is CC(CO)c1cc2c(cc1N)Oc1cc(Cl)ccc1O2. The van der Waals surface area contributed by atoms with E-state index in [1.165, 1.54) is 0 Å². The third-order valence-electron chi connectivity index (χ3n) is 3.30. The van der Waals surface area contributed by atoms with Crippen LogP contribution < -0.4 is 15.2 Å². The molecule has 4 nitrogen and oxygen atoms in total. The van der Waals surface area contributed by atoms with Crippen LogP contribution >= 0.6 is 11.6 Å². The van der Waals surface area contributed by atoms with E-state index >= 15 is 0 Å². The molecular formula is C15H14ClNO3. The number of rotatable bonds is 2. The van der Waals surface area contributed by atoms with Crippen LogP contribution in [-0.2, 0) is 0 Å². The minimum Gasteiger partial charge on any atom is -0.449 e. The van der Waals surface area contributed by atoms with E-state index in [-0.39, 0.29) is 12.5 Å².